The van der Waals surface area contributed by atoms with E-state index in [4.69, 9.17) is 5.73 Å². The lowest BCUT2D eigenvalue weighted by Gasteiger charge is -2.11. The summed E-state index contributed by atoms with van der Waals surface area (Å²) in [6, 6.07) is 7.50. The molecule has 2 aromatic rings. The van der Waals surface area contributed by atoms with Crippen molar-refractivity contribution in [3.63, 3.8) is 0 Å². The molecule has 3 rings (SSSR count). The lowest BCUT2D eigenvalue weighted by molar-refractivity contribution is 0.100. The normalized spacial score (nSPS) is 15.0. The highest BCUT2D eigenvalue weighted by molar-refractivity contribution is 7.84. The first-order valence-electron chi connectivity index (χ1n) is 7.17. The molecule has 0 saturated heterocycles. The third kappa shape index (κ3) is 3.84. The van der Waals surface area contributed by atoms with Gasteiger partial charge in [0.05, 0.1) is 5.56 Å². The quantitative estimate of drug-likeness (QED) is 0.742. The van der Waals surface area contributed by atoms with Gasteiger partial charge in [-0.3, -0.25) is 9.00 Å². The third-order valence-electron chi connectivity index (χ3n) is 3.41. The predicted molar refractivity (Wildman–Crippen MR) is 89.3 cm³/mol. The van der Waals surface area contributed by atoms with Crippen molar-refractivity contribution < 1.29 is 9.00 Å². The van der Waals surface area contributed by atoms with E-state index in [-0.39, 0.29) is 5.56 Å². The molecule has 1 amide bonds. The highest BCUT2D eigenvalue weighted by Gasteiger charge is 2.24. The molecule has 0 bridgehead atoms. The molecule has 0 unspecified atom stereocenters. The number of hydrogen-bond donors (Lipinski definition) is 3. The Hall–Kier alpha value is -2.48. The fourth-order valence-electron chi connectivity index (χ4n) is 2.01. The van der Waals surface area contributed by atoms with Gasteiger partial charge in [-0.05, 0) is 37.1 Å². The van der Waals surface area contributed by atoms with Crippen molar-refractivity contribution in [2.24, 2.45) is 5.73 Å². The van der Waals surface area contributed by atoms with Gasteiger partial charge in [0.25, 0.3) is 5.91 Å². The summed E-state index contributed by atoms with van der Waals surface area (Å²) in [4.78, 5) is 20.6. The van der Waals surface area contributed by atoms with E-state index in [1.54, 1.807) is 30.5 Å². The molecule has 1 aromatic carbocycles. The number of anilines is 3. The van der Waals surface area contributed by atoms with E-state index in [2.05, 4.69) is 20.6 Å². The van der Waals surface area contributed by atoms with Crippen LogP contribution >= 0.6 is 0 Å². The Morgan fingerprint density at radius 3 is 2.57 bits per heavy atom. The Morgan fingerprint density at radius 1 is 1.30 bits per heavy atom. The lowest BCUT2D eigenvalue weighted by Crippen LogP contribution is -2.17. The number of aromatic nitrogens is 2. The number of carbonyl (C=O) groups is 1. The summed E-state index contributed by atoms with van der Waals surface area (Å²) in [5, 5.41) is 6.24. The fourth-order valence-corrected chi connectivity index (χ4v) is 2.53. The van der Waals surface area contributed by atoms with Gasteiger partial charge in [-0.15, -0.1) is 0 Å². The second-order valence-corrected chi connectivity index (χ2v) is 6.72. The molecule has 1 aromatic heterocycles. The molecule has 7 nitrogen and oxygen atoms in total. The van der Waals surface area contributed by atoms with Crippen molar-refractivity contribution >= 4 is 34.2 Å². The van der Waals surface area contributed by atoms with Crippen LogP contribution in [0.3, 0.4) is 0 Å². The Balaban J connectivity index is 1.81. The van der Waals surface area contributed by atoms with Crippen molar-refractivity contribution in [2.75, 3.05) is 16.9 Å². The minimum atomic E-state index is -1.02. The summed E-state index contributed by atoms with van der Waals surface area (Å²) in [5.41, 5.74) is 6.39. The van der Waals surface area contributed by atoms with Gasteiger partial charge in [0.15, 0.2) is 0 Å². The van der Waals surface area contributed by atoms with Crippen LogP contribution in [0.4, 0.5) is 17.5 Å². The first-order valence-corrected chi connectivity index (χ1v) is 8.72. The van der Waals surface area contributed by atoms with E-state index >= 15 is 0 Å². The van der Waals surface area contributed by atoms with Crippen molar-refractivity contribution in [1.29, 1.82) is 0 Å². The molecule has 1 aliphatic rings. The van der Waals surface area contributed by atoms with E-state index in [0.29, 0.717) is 17.8 Å². The van der Waals surface area contributed by atoms with E-state index in [1.807, 2.05) is 0 Å². The van der Waals surface area contributed by atoms with Gasteiger partial charge in [-0.25, -0.2) is 4.98 Å². The van der Waals surface area contributed by atoms with Gasteiger partial charge >= 0.3 is 0 Å². The topological polar surface area (TPSA) is 110 Å². The number of nitrogens with zero attached hydrogens (tertiary/aromatic N) is 2. The maximum absolute atomic E-state index is 11.4. The Morgan fingerprint density at radius 2 is 2.00 bits per heavy atom. The Kier molecular flexibility index (Phi) is 4.24. The summed E-state index contributed by atoms with van der Waals surface area (Å²) >= 11 is 0. The molecule has 23 heavy (non-hydrogen) atoms. The number of primary amides is 1. The second kappa shape index (κ2) is 6.33. The lowest BCUT2D eigenvalue weighted by atomic mass is 10.3. The zero-order chi connectivity index (χ0) is 16.4. The van der Waals surface area contributed by atoms with Crippen LogP contribution in [0.2, 0.25) is 0 Å². The summed E-state index contributed by atoms with van der Waals surface area (Å²) in [6.45, 7) is 0. The average Bonchev–Trinajstić information content (AvgIpc) is 3.32. The largest absolute Gasteiger partial charge is 0.367 e. The first kappa shape index (κ1) is 15.4. The molecule has 4 N–H and O–H groups in total. The zero-order valence-electron chi connectivity index (χ0n) is 12.6. The molecule has 120 valence electrons. The fraction of sp³-hybridized carbons (Fsp3) is 0.267. The molecule has 8 heteroatoms. The van der Waals surface area contributed by atoms with E-state index in [9.17, 15) is 9.00 Å². The maximum Gasteiger partial charge on any atom is 0.254 e. The standard InChI is InChI=1S/C15H17N5O2S/c1-23(22)11-6-4-10(5-7-11)19-15-17-8-12(13(16)21)14(20-15)18-9-2-3-9/h4-9H,2-3H2,1H3,(H2,16,21)(H2,17,18,19,20)/t23-/m1/s1. The Bertz CT molecular complexity index is 759. The van der Waals surface area contributed by atoms with Crippen LogP contribution < -0.4 is 16.4 Å². The summed E-state index contributed by atoms with van der Waals surface area (Å²) < 4.78 is 11.4. The second-order valence-electron chi connectivity index (χ2n) is 5.34. The van der Waals surface area contributed by atoms with Crippen LogP contribution in [0.1, 0.15) is 23.2 Å². The maximum atomic E-state index is 11.4. The summed E-state index contributed by atoms with van der Waals surface area (Å²) in [6.07, 6.45) is 5.16. The minimum Gasteiger partial charge on any atom is -0.367 e. The van der Waals surface area contributed by atoms with Gasteiger partial charge in [0, 0.05) is 39.9 Å². The van der Waals surface area contributed by atoms with Crippen molar-refractivity contribution in [2.45, 2.75) is 23.8 Å². The minimum absolute atomic E-state index is 0.277. The van der Waals surface area contributed by atoms with Crippen LogP contribution in [-0.2, 0) is 10.8 Å². The molecule has 1 fully saturated rings. The van der Waals surface area contributed by atoms with Gasteiger partial charge in [-0.2, -0.15) is 4.98 Å². The van der Waals surface area contributed by atoms with Crippen molar-refractivity contribution in [3.05, 3.63) is 36.0 Å². The van der Waals surface area contributed by atoms with Crippen LogP contribution in [0, 0.1) is 0 Å². The van der Waals surface area contributed by atoms with Gasteiger partial charge in [0.1, 0.15) is 5.82 Å². The van der Waals surface area contributed by atoms with Crippen LogP contribution in [0.15, 0.2) is 35.4 Å². The van der Waals surface area contributed by atoms with Crippen molar-refractivity contribution in [3.8, 4) is 0 Å². The summed E-state index contributed by atoms with van der Waals surface area (Å²) in [5.74, 6) is 0.252. The SMILES string of the molecule is C[S@@](=O)c1ccc(Nc2ncc(C(N)=O)c(NC3CC3)n2)cc1. The molecule has 0 radical (unpaired) electrons. The predicted octanol–water partition coefficient (Wildman–Crippen LogP) is 1.63. The average molecular weight is 331 g/mol. The zero-order valence-corrected chi connectivity index (χ0v) is 13.4. The van der Waals surface area contributed by atoms with Gasteiger partial charge in [-0.1, -0.05) is 0 Å². The van der Waals surface area contributed by atoms with E-state index in [0.717, 1.165) is 23.4 Å². The van der Waals surface area contributed by atoms with Gasteiger partial charge < -0.3 is 16.4 Å². The van der Waals surface area contributed by atoms with Crippen LogP contribution in [0.5, 0.6) is 0 Å². The number of benzene rings is 1. The van der Waals surface area contributed by atoms with E-state index in [1.165, 1.54) is 6.20 Å². The van der Waals surface area contributed by atoms with Crippen molar-refractivity contribution in [1.82, 2.24) is 9.97 Å². The molecule has 1 heterocycles. The number of rotatable bonds is 6. The monoisotopic (exact) mass is 331 g/mol. The molecular weight excluding hydrogens is 314 g/mol. The first-order chi connectivity index (χ1) is 11.0. The number of nitrogens with one attached hydrogen (secondary N) is 2. The highest BCUT2D eigenvalue weighted by Crippen LogP contribution is 2.26. The highest BCUT2D eigenvalue weighted by atomic mass is 32.2. The molecule has 1 saturated carbocycles. The van der Waals surface area contributed by atoms with Crippen LogP contribution in [-0.4, -0.2) is 32.4 Å². The summed E-state index contributed by atoms with van der Waals surface area (Å²) in [7, 11) is -1.02. The number of hydrogen-bond acceptors (Lipinski definition) is 6. The number of carbonyl (C=O) groups excluding carboxylic acids is 1. The third-order valence-corrected chi connectivity index (χ3v) is 4.35. The molecule has 1 aliphatic carbocycles. The van der Waals surface area contributed by atoms with E-state index < -0.39 is 16.7 Å². The Labute approximate surface area is 136 Å². The molecular formula is C15H17N5O2S. The number of nitrogens with two attached hydrogens (primary N) is 1. The molecule has 0 aliphatic heterocycles. The smallest absolute Gasteiger partial charge is 0.254 e. The molecule has 0 spiro atoms. The van der Waals surface area contributed by atoms with Crippen LogP contribution in [0.25, 0.3) is 0 Å². The molecule has 1 atom stereocenters. The van der Waals surface area contributed by atoms with Gasteiger partial charge in [0.2, 0.25) is 5.95 Å². The number of amides is 1.